The zero-order valence-electron chi connectivity index (χ0n) is 17.9. The van der Waals surface area contributed by atoms with E-state index in [0.717, 1.165) is 37.3 Å². The molecule has 5 rings (SSSR count). The number of nitriles is 1. The largest absolute Gasteiger partial charge is 0.367 e. The summed E-state index contributed by atoms with van der Waals surface area (Å²) < 4.78 is 0. The Morgan fingerprint density at radius 2 is 1.66 bits per heavy atom. The molecule has 0 aliphatic carbocycles. The number of nitrogens with zero attached hydrogens (tertiary/aromatic N) is 3. The van der Waals surface area contributed by atoms with E-state index in [2.05, 4.69) is 45.5 Å². The molecule has 0 radical (unpaired) electrons. The first-order valence-electron chi connectivity index (χ1n) is 11.1. The fourth-order valence-corrected chi connectivity index (χ4v) is 5.04. The van der Waals surface area contributed by atoms with Gasteiger partial charge in [0.25, 0.3) is 0 Å². The quantitative estimate of drug-likeness (QED) is 0.696. The average Bonchev–Trinajstić information content (AvgIpc) is 2.87. The number of rotatable bonds is 4. The molecule has 1 amide bonds. The number of carbonyl (C=O) groups is 1. The topological polar surface area (TPSA) is 59.4 Å². The van der Waals surface area contributed by atoms with Gasteiger partial charge in [0, 0.05) is 31.9 Å². The number of hydrogen-bond donors (Lipinski definition) is 1. The van der Waals surface area contributed by atoms with Crippen LogP contribution >= 0.6 is 0 Å². The maximum absolute atomic E-state index is 13.4. The molecule has 1 saturated heterocycles. The van der Waals surface area contributed by atoms with E-state index in [4.69, 9.17) is 0 Å². The molecular weight excluding hydrogens is 396 g/mol. The number of amides is 1. The van der Waals surface area contributed by atoms with E-state index in [1.807, 2.05) is 54.6 Å². The second kappa shape index (κ2) is 8.76. The van der Waals surface area contributed by atoms with Crippen molar-refractivity contribution < 1.29 is 4.79 Å². The smallest absolute Gasteiger partial charge is 0.225 e. The number of para-hydroxylation sites is 2. The van der Waals surface area contributed by atoms with E-state index in [1.54, 1.807) is 0 Å². The number of nitrogens with one attached hydrogen (secondary N) is 1. The summed E-state index contributed by atoms with van der Waals surface area (Å²) in [5.74, 6) is -0.0561. The van der Waals surface area contributed by atoms with Gasteiger partial charge in [-0.25, -0.2) is 0 Å². The lowest BCUT2D eigenvalue weighted by molar-refractivity contribution is -0.126. The van der Waals surface area contributed by atoms with Crippen LogP contribution in [0.5, 0.6) is 0 Å². The van der Waals surface area contributed by atoms with Crippen molar-refractivity contribution in [3.05, 3.63) is 95.6 Å². The van der Waals surface area contributed by atoms with Crippen LogP contribution in [0, 0.1) is 17.2 Å². The zero-order valence-corrected chi connectivity index (χ0v) is 17.9. The highest BCUT2D eigenvalue weighted by molar-refractivity contribution is 5.82. The molecule has 5 nitrogen and oxygen atoms in total. The van der Waals surface area contributed by atoms with Crippen LogP contribution in [0.3, 0.4) is 0 Å². The Bertz CT molecular complexity index is 1150. The number of piperazine rings is 1. The second-order valence-electron chi connectivity index (χ2n) is 8.48. The van der Waals surface area contributed by atoms with Gasteiger partial charge in [-0.05, 0) is 35.7 Å². The van der Waals surface area contributed by atoms with E-state index in [-0.39, 0.29) is 17.9 Å². The highest BCUT2D eigenvalue weighted by Gasteiger charge is 2.41. The van der Waals surface area contributed by atoms with Gasteiger partial charge in [-0.1, -0.05) is 60.7 Å². The summed E-state index contributed by atoms with van der Waals surface area (Å²) in [5.41, 5.74) is 5.20. The third kappa shape index (κ3) is 3.80. The minimum absolute atomic E-state index is 0.0566. The molecule has 1 N–H and O–H groups in total. The van der Waals surface area contributed by atoms with Crippen LogP contribution in [-0.4, -0.2) is 31.6 Å². The molecule has 2 heterocycles. The Morgan fingerprint density at radius 1 is 0.938 bits per heavy atom. The number of hydrogen-bond acceptors (Lipinski definition) is 4. The van der Waals surface area contributed by atoms with Gasteiger partial charge in [-0.15, -0.1) is 0 Å². The predicted molar refractivity (Wildman–Crippen MR) is 126 cm³/mol. The van der Waals surface area contributed by atoms with E-state index in [0.29, 0.717) is 12.1 Å². The number of anilines is 2. The van der Waals surface area contributed by atoms with Gasteiger partial charge in [0.15, 0.2) is 0 Å². The summed E-state index contributed by atoms with van der Waals surface area (Å²) in [6.45, 7) is 2.90. The van der Waals surface area contributed by atoms with Gasteiger partial charge < -0.3 is 15.1 Å². The lowest BCUT2D eigenvalue weighted by Gasteiger charge is -2.49. The maximum atomic E-state index is 13.4. The molecule has 3 aromatic carbocycles. The lowest BCUT2D eigenvalue weighted by atomic mass is 9.83. The first-order chi connectivity index (χ1) is 15.7. The Morgan fingerprint density at radius 3 is 2.47 bits per heavy atom. The number of carbonyl (C=O) groups excluding carboxylic acids is 1. The third-order valence-electron chi connectivity index (χ3n) is 6.64. The second-order valence-corrected chi connectivity index (χ2v) is 8.48. The lowest BCUT2D eigenvalue weighted by Crippen LogP contribution is -2.61. The van der Waals surface area contributed by atoms with Crippen LogP contribution in [0.4, 0.5) is 11.4 Å². The third-order valence-corrected chi connectivity index (χ3v) is 6.64. The van der Waals surface area contributed by atoms with Crippen molar-refractivity contribution in [2.24, 2.45) is 5.92 Å². The van der Waals surface area contributed by atoms with Crippen LogP contribution < -0.4 is 15.1 Å². The van der Waals surface area contributed by atoms with E-state index in [9.17, 15) is 10.1 Å². The first-order valence-corrected chi connectivity index (χ1v) is 11.1. The molecule has 0 saturated carbocycles. The maximum Gasteiger partial charge on any atom is 0.225 e. The van der Waals surface area contributed by atoms with E-state index < -0.39 is 0 Å². The van der Waals surface area contributed by atoms with Crippen molar-refractivity contribution in [3.8, 4) is 6.07 Å². The monoisotopic (exact) mass is 422 g/mol. The molecule has 2 aliphatic heterocycles. The molecule has 0 aromatic heterocycles. The molecule has 0 unspecified atom stereocenters. The highest BCUT2D eigenvalue weighted by atomic mass is 16.1. The van der Waals surface area contributed by atoms with Gasteiger partial charge >= 0.3 is 0 Å². The molecule has 5 heteroatoms. The van der Waals surface area contributed by atoms with E-state index in [1.165, 1.54) is 11.3 Å². The van der Waals surface area contributed by atoms with Crippen LogP contribution in [0.15, 0.2) is 78.9 Å². The first kappa shape index (κ1) is 20.1. The molecule has 0 bridgehead atoms. The van der Waals surface area contributed by atoms with Crippen molar-refractivity contribution >= 4 is 17.3 Å². The molecule has 2 atom stereocenters. The summed E-state index contributed by atoms with van der Waals surface area (Å²) >= 11 is 0. The minimum atomic E-state index is -0.148. The van der Waals surface area contributed by atoms with Crippen LogP contribution in [0.2, 0.25) is 0 Å². The molecular formula is C27H26N4O. The van der Waals surface area contributed by atoms with Crippen molar-refractivity contribution in [2.75, 3.05) is 29.4 Å². The SMILES string of the molecule is N#Cc1ccccc1N1CCN2c3ccccc3C[C@@H](C(=O)NCc3ccccc3)[C@@H]2C1. The van der Waals surface area contributed by atoms with E-state index >= 15 is 0 Å². The summed E-state index contributed by atoms with van der Waals surface area (Å²) in [7, 11) is 0. The Labute approximate surface area is 188 Å². The van der Waals surface area contributed by atoms with Gasteiger partial charge in [-0.3, -0.25) is 4.79 Å². The number of benzene rings is 3. The van der Waals surface area contributed by atoms with Crippen molar-refractivity contribution in [2.45, 2.75) is 19.0 Å². The van der Waals surface area contributed by atoms with Gasteiger partial charge in [-0.2, -0.15) is 5.26 Å². The molecule has 1 fully saturated rings. The molecule has 160 valence electrons. The van der Waals surface area contributed by atoms with Crippen molar-refractivity contribution in [1.82, 2.24) is 5.32 Å². The highest BCUT2D eigenvalue weighted by Crippen LogP contribution is 2.37. The summed E-state index contributed by atoms with van der Waals surface area (Å²) in [6, 6.07) is 28.6. The zero-order chi connectivity index (χ0) is 21.9. The molecule has 32 heavy (non-hydrogen) atoms. The van der Waals surface area contributed by atoms with Crippen molar-refractivity contribution in [3.63, 3.8) is 0 Å². The summed E-state index contributed by atoms with van der Waals surface area (Å²) in [6.07, 6.45) is 0.728. The molecule has 2 aliphatic rings. The summed E-state index contributed by atoms with van der Waals surface area (Å²) in [5, 5.41) is 12.8. The van der Waals surface area contributed by atoms with Gasteiger partial charge in [0.2, 0.25) is 5.91 Å². The average molecular weight is 423 g/mol. The number of fused-ring (bicyclic) bond motifs is 3. The molecule has 3 aromatic rings. The fraction of sp³-hybridized carbons (Fsp3) is 0.259. The van der Waals surface area contributed by atoms with Crippen LogP contribution in [0.1, 0.15) is 16.7 Å². The molecule has 0 spiro atoms. The van der Waals surface area contributed by atoms with Gasteiger partial charge in [0.1, 0.15) is 6.07 Å². The predicted octanol–water partition coefficient (Wildman–Crippen LogP) is 3.74. The summed E-state index contributed by atoms with van der Waals surface area (Å²) in [4.78, 5) is 18.1. The Balaban J connectivity index is 1.42. The van der Waals surface area contributed by atoms with Gasteiger partial charge in [0.05, 0.1) is 23.2 Å². The normalized spacial score (nSPS) is 19.5. The Kier molecular flexibility index (Phi) is 5.51. The van der Waals surface area contributed by atoms with Crippen LogP contribution in [-0.2, 0) is 17.8 Å². The minimum Gasteiger partial charge on any atom is -0.367 e. The van der Waals surface area contributed by atoms with Crippen molar-refractivity contribution in [1.29, 1.82) is 5.26 Å². The standard InChI is InChI=1S/C27H26N4O/c28-17-22-11-5-6-12-24(22)30-14-15-31-25-13-7-4-10-21(25)16-23(26(31)19-30)27(32)29-18-20-8-2-1-3-9-20/h1-13,23,26H,14-16,18-19H2,(H,29,32)/t23-,26+/m1/s1. The van der Waals surface area contributed by atoms with Crippen LogP contribution in [0.25, 0.3) is 0 Å². The Hall–Kier alpha value is -3.78. The fourth-order valence-electron chi connectivity index (χ4n) is 5.04.